The average molecular weight is 352 g/mol. The van der Waals surface area contributed by atoms with Crippen LogP contribution in [-0.4, -0.2) is 17.0 Å². The van der Waals surface area contributed by atoms with E-state index in [0.717, 1.165) is 6.07 Å². The number of benzene rings is 2. The minimum absolute atomic E-state index is 0.0783. The number of amides is 1. The van der Waals surface area contributed by atoms with Gasteiger partial charge in [0.2, 0.25) is 0 Å². The topological polar surface area (TPSA) is 66.4 Å². The summed E-state index contributed by atoms with van der Waals surface area (Å²) in [5, 5.41) is 11.3. The lowest BCUT2D eigenvalue weighted by Gasteiger charge is -2.07. The van der Waals surface area contributed by atoms with E-state index in [-0.39, 0.29) is 12.0 Å². The highest BCUT2D eigenvalue weighted by Gasteiger charge is 2.09. The maximum Gasteiger partial charge on any atom is 0.307 e. The fourth-order valence-corrected chi connectivity index (χ4v) is 2.23. The first-order valence-electron chi connectivity index (χ1n) is 6.02. The highest BCUT2D eigenvalue weighted by atomic mass is 79.9. The fraction of sp³-hybridized carbons (Fsp3) is 0.0667. The molecule has 2 aromatic carbocycles. The SMILES string of the molecule is O=C(O)Cc1ccc(NC(=O)c2cc(F)cc(Br)c2)cc1. The van der Waals surface area contributed by atoms with E-state index in [1.165, 1.54) is 12.1 Å². The Hall–Kier alpha value is -2.21. The molecular weight excluding hydrogens is 341 g/mol. The molecule has 0 unspecified atom stereocenters. The Labute approximate surface area is 128 Å². The minimum atomic E-state index is -0.920. The van der Waals surface area contributed by atoms with Crippen molar-refractivity contribution in [2.75, 3.05) is 5.32 Å². The molecule has 0 atom stereocenters. The number of hydrogen-bond acceptors (Lipinski definition) is 2. The molecule has 0 aliphatic rings. The van der Waals surface area contributed by atoms with E-state index in [4.69, 9.17) is 5.11 Å². The molecular formula is C15H11BrFNO3. The van der Waals surface area contributed by atoms with E-state index in [9.17, 15) is 14.0 Å². The molecule has 2 N–H and O–H groups in total. The Balaban J connectivity index is 2.10. The molecule has 21 heavy (non-hydrogen) atoms. The number of anilines is 1. The second kappa shape index (κ2) is 6.49. The van der Waals surface area contributed by atoms with Crippen LogP contribution in [0.3, 0.4) is 0 Å². The Morgan fingerprint density at radius 3 is 2.38 bits per heavy atom. The van der Waals surface area contributed by atoms with Gasteiger partial charge in [0.15, 0.2) is 0 Å². The summed E-state index contributed by atoms with van der Waals surface area (Å²) in [6.45, 7) is 0. The molecule has 0 spiro atoms. The van der Waals surface area contributed by atoms with Crippen LogP contribution in [0.5, 0.6) is 0 Å². The lowest BCUT2D eigenvalue weighted by atomic mass is 10.1. The molecule has 4 nitrogen and oxygen atoms in total. The van der Waals surface area contributed by atoms with E-state index in [0.29, 0.717) is 15.7 Å². The van der Waals surface area contributed by atoms with Crippen molar-refractivity contribution in [2.45, 2.75) is 6.42 Å². The molecule has 0 fully saturated rings. The summed E-state index contributed by atoms with van der Waals surface area (Å²) in [4.78, 5) is 22.6. The van der Waals surface area contributed by atoms with Crippen molar-refractivity contribution in [3.8, 4) is 0 Å². The Bertz CT molecular complexity index is 666. The number of carboxylic acids is 1. The summed E-state index contributed by atoms with van der Waals surface area (Å²) in [7, 11) is 0. The lowest BCUT2D eigenvalue weighted by molar-refractivity contribution is -0.136. The molecule has 0 saturated carbocycles. The molecule has 2 rings (SSSR count). The third-order valence-electron chi connectivity index (χ3n) is 2.69. The number of nitrogens with one attached hydrogen (secondary N) is 1. The molecule has 0 bridgehead atoms. The molecule has 0 saturated heterocycles. The zero-order valence-corrected chi connectivity index (χ0v) is 12.4. The Morgan fingerprint density at radius 1 is 1.14 bits per heavy atom. The monoisotopic (exact) mass is 351 g/mol. The number of rotatable bonds is 4. The molecule has 108 valence electrons. The second-order valence-electron chi connectivity index (χ2n) is 4.38. The van der Waals surface area contributed by atoms with Gasteiger partial charge in [0.1, 0.15) is 5.82 Å². The van der Waals surface area contributed by atoms with Crippen molar-refractivity contribution < 1.29 is 19.1 Å². The molecule has 6 heteroatoms. The quantitative estimate of drug-likeness (QED) is 0.886. The summed E-state index contributed by atoms with van der Waals surface area (Å²) in [6, 6.07) is 10.3. The van der Waals surface area contributed by atoms with E-state index in [2.05, 4.69) is 21.2 Å². The van der Waals surface area contributed by atoms with Crippen LogP contribution in [-0.2, 0) is 11.2 Å². The fourth-order valence-electron chi connectivity index (χ4n) is 1.77. The van der Waals surface area contributed by atoms with Gasteiger partial charge in [-0.2, -0.15) is 0 Å². The van der Waals surface area contributed by atoms with Crippen molar-refractivity contribution in [2.24, 2.45) is 0 Å². The molecule has 1 amide bonds. The summed E-state index contributed by atoms with van der Waals surface area (Å²) in [5.41, 5.74) is 1.33. The summed E-state index contributed by atoms with van der Waals surface area (Å²) < 4.78 is 13.7. The second-order valence-corrected chi connectivity index (χ2v) is 5.30. The van der Waals surface area contributed by atoms with Crippen LogP contribution in [0.15, 0.2) is 46.9 Å². The maximum absolute atomic E-state index is 13.2. The molecule has 0 aliphatic carbocycles. The lowest BCUT2D eigenvalue weighted by Crippen LogP contribution is -2.12. The number of halogens is 2. The average Bonchev–Trinajstić information content (AvgIpc) is 2.39. The van der Waals surface area contributed by atoms with Gasteiger partial charge in [0, 0.05) is 15.7 Å². The Kier molecular flexibility index (Phi) is 4.70. The molecule has 0 radical (unpaired) electrons. The predicted molar refractivity (Wildman–Crippen MR) is 79.8 cm³/mol. The van der Waals surface area contributed by atoms with E-state index in [1.807, 2.05) is 0 Å². The molecule has 0 aliphatic heterocycles. The van der Waals surface area contributed by atoms with E-state index in [1.54, 1.807) is 24.3 Å². The first-order valence-corrected chi connectivity index (χ1v) is 6.81. The van der Waals surface area contributed by atoms with Gasteiger partial charge in [-0.1, -0.05) is 28.1 Å². The first kappa shape index (κ1) is 15.2. The standard InChI is InChI=1S/C15H11BrFNO3/c16-11-6-10(7-12(17)8-11)15(21)18-13-3-1-9(2-4-13)5-14(19)20/h1-4,6-8H,5H2,(H,18,21)(H,19,20). The number of hydrogen-bond donors (Lipinski definition) is 2. The van der Waals surface area contributed by atoms with Gasteiger partial charge in [-0.25, -0.2) is 4.39 Å². The predicted octanol–water partition coefficient (Wildman–Crippen LogP) is 3.47. The van der Waals surface area contributed by atoms with Gasteiger partial charge in [-0.3, -0.25) is 9.59 Å². The summed E-state index contributed by atoms with van der Waals surface area (Å²) >= 11 is 3.12. The van der Waals surface area contributed by atoms with Crippen LogP contribution in [0.2, 0.25) is 0 Å². The minimum Gasteiger partial charge on any atom is -0.481 e. The Morgan fingerprint density at radius 2 is 1.81 bits per heavy atom. The first-order chi connectivity index (χ1) is 9.94. The van der Waals surface area contributed by atoms with Crippen LogP contribution in [0.4, 0.5) is 10.1 Å². The van der Waals surface area contributed by atoms with Crippen molar-refractivity contribution >= 4 is 33.5 Å². The van der Waals surface area contributed by atoms with Crippen LogP contribution in [0, 0.1) is 5.82 Å². The summed E-state index contributed by atoms with van der Waals surface area (Å²) in [5.74, 6) is -1.87. The molecule has 2 aromatic rings. The zero-order valence-electron chi connectivity index (χ0n) is 10.8. The molecule has 0 heterocycles. The zero-order chi connectivity index (χ0) is 15.4. The largest absolute Gasteiger partial charge is 0.481 e. The van der Waals surface area contributed by atoms with Crippen molar-refractivity contribution in [3.05, 3.63) is 63.9 Å². The van der Waals surface area contributed by atoms with Crippen LogP contribution in [0.25, 0.3) is 0 Å². The maximum atomic E-state index is 13.2. The van der Waals surface area contributed by atoms with Crippen molar-refractivity contribution in [1.82, 2.24) is 0 Å². The normalized spacial score (nSPS) is 10.2. The van der Waals surface area contributed by atoms with E-state index < -0.39 is 17.7 Å². The highest BCUT2D eigenvalue weighted by molar-refractivity contribution is 9.10. The van der Waals surface area contributed by atoms with Crippen molar-refractivity contribution in [1.29, 1.82) is 0 Å². The summed E-state index contributed by atoms with van der Waals surface area (Å²) in [6.07, 6.45) is -0.0783. The van der Waals surface area contributed by atoms with Crippen LogP contribution >= 0.6 is 15.9 Å². The molecule has 0 aromatic heterocycles. The van der Waals surface area contributed by atoms with E-state index >= 15 is 0 Å². The number of carbonyl (C=O) groups is 2. The number of aliphatic carboxylic acids is 1. The third-order valence-corrected chi connectivity index (χ3v) is 3.15. The van der Waals surface area contributed by atoms with Gasteiger partial charge in [0.25, 0.3) is 5.91 Å². The van der Waals surface area contributed by atoms with Gasteiger partial charge in [0.05, 0.1) is 6.42 Å². The highest BCUT2D eigenvalue weighted by Crippen LogP contribution is 2.17. The van der Waals surface area contributed by atoms with Crippen LogP contribution < -0.4 is 5.32 Å². The van der Waals surface area contributed by atoms with Crippen molar-refractivity contribution in [3.63, 3.8) is 0 Å². The van der Waals surface area contributed by atoms with Gasteiger partial charge < -0.3 is 10.4 Å². The van der Waals surface area contributed by atoms with Gasteiger partial charge in [-0.05, 0) is 35.9 Å². The number of carbonyl (C=O) groups excluding carboxylic acids is 1. The van der Waals surface area contributed by atoms with Gasteiger partial charge >= 0.3 is 5.97 Å². The van der Waals surface area contributed by atoms with Gasteiger partial charge in [-0.15, -0.1) is 0 Å². The third kappa shape index (κ3) is 4.39. The number of carboxylic acid groups (broad SMARTS) is 1. The van der Waals surface area contributed by atoms with Crippen LogP contribution in [0.1, 0.15) is 15.9 Å². The smallest absolute Gasteiger partial charge is 0.307 e.